The van der Waals surface area contributed by atoms with E-state index in [2.05, 4.69) is 10.0 Å². The van der Waals surface area contributed by atoms with Crippen LogP contribution in [0.2, 0.25) is 0 Å². The normalized spacial score (nSPS) is 18.5. The summed E-state index contributed by atoms with van der Waals surface area (Å²) in [6, 6.07) is 7.08. The summed E-state index contributed by atoms with van der Waals surface area (Å²) < 4.78 is 30.3. The topological polar surface area (TPSA) is 87.7 Å². The molecular weight excluding hydrogens is 318 g/mol. The number of methoxy groups -OCH3 is 1. The third-order valence-corrected chi connectivity index (χ3v) is 4.43. The molecule has 0 aliphatic carbocycles. The zero-order valence-corrected chi connectivity index (χ0v) is 14.2. The van der Waals surface area contributed by atoms with Crippen molar-refractivity contribution in [2.45, 2.75) is 25.4 Å². The maximum Gasteiger partial charge on any atom is 0.317 e. The van der Waals surface area contributed by atoms with Crippen molar-refractivity contribution in [2.75, 3.05) is 26.5 Å². The minimum absolute atomic E-state index is 0.187. The lowest BCUT2D eigenvalue weighted by molar-refractivity contribution is 0.177. The van der Waals surface area contributed by atoms with Gasteiger partial charge in [-0.1, -0.05) is 12.1 Å². The third-order valence-electron chi connectivity index (χ3n) is 3.67. The number of hydrogen-bond acceptors (Lipinski definition) is 4. The van der Waals surface area contributed by atoms with E-state index in [-0.39, 0.29) is 12.1 Å². The first-order chi connectivity index (χ1) is 10.9. The Bertz CT molecular complexity index is 648. The van der Waals surface area contributed by atoms with Crippen molar-refractivity contribution < 1.29 is 17.9 Å². The average molecular weight is 341 g/mol. The molecule has 1 aromatic carbocycles. The van der Waals surface area contributed by atoms with Crippen molar-refractivity contribution in [1.82, 2.24) is 14.9 Å². The molecule has 0 radical (unpaired) electrons. The molecule has 0 aromatic heterocycles. The number of likely N-dealkylation sites (tertiary alicyclic amines) is 1. The Kier molecular flexibility index (Phi) is 5.84. The summed E-state index contributed by atoms with van der Waals surface area (Å²) in [6.45, 7) is 1.42. The molecule has 1 aliphatic rings. The van der Waals surface area contributed by atoms with Crippen LogP contribution in [-0.4, -0.2) is 51.8 Å². The molecule has 1 aliphatic heterocycles. The lowest BCUT2D eigenvalue weighted by Gasteiger charge is -2.32. The van der Waals surface area contributed by atoms with Crippen molar-refractivity contribution >= 4 is 16.1 Å². The van der Waals surface area contributed by atoms with E-state index >= 15 is 0 Å². The minimum Gasteiger partial charge on any atom is -0.497 e. The maximum atomic E-state index is 12.2. The lowest BCUT2D eigenvalue weighted by atomic mass is 10.1. The Hall–Kier alpha value is -1.80. The van der Waals surface area contributed by atoms with Crippen LogP contribution < -0.4 is 14.8 Å². The highest BCUT2D eigenvalue weighted by Gasteiger charge is 2.25. The lowest BCUT2D eigenvalue weighted by Crippen LogP contribution is -2.51. The fourth-order valence-corrected chi connectivity index (χ4v) is 3.43. The van der Waals surface area contributed by atoms with Gasteiger partial charge in [0, 0.05) is 25.7 Å². The van der Waals surface area contributed by atoms with Crippen LogP contribution in [0.4, 0.5) is 4.79 Å². The number of urea groups is 1. The van der Waals surface area contributed by atoms with Crippen LogP contribution in [0.15, 0.2) is 24.3 Å². The number of carbonyl (C=O) groups excluding carboxylic acids is 1. The predicted molar refractivity (Wildman–Crippen MR) is 87.8 cm³/mol. The number of sulfonamides is 1. The fourth-order valence-electron chi connectivity index (χ4n) is 2.63. The Morgan fingerprint density at radius 1 is 1.43 bits per heavy atom. The first-order valence-electron chi connectivity index (χ1n) is 7.50. The molecule has 0 saturated carbocycles. The summed E-state index contributed by atoms with van der Waals surface area (Å²) >= 11 is 0. The molecule has 1 saturated heterocycles. The van der Waals surface area contributed by atoms with E-state index in [0.717, 1.165) is 30.4 Å². The summed E-state index contributed by atoms with van der Waals surface area (Å²) in [6.07, 6.45) is 2.65. The molecule has 1 fully saturated rings. The second kappa shape index (κ2) is 7.65. The molecule has 1 atom stereocenters. The molecule has 128 valence electrons. The van der Waals surface area contributed by atoms with Gasteiger partial charge in [-0.05, 0) is 30.5 Å². The minimum atomic E-state index is -3.26. The molecule has 7 nitrogen and oxygen atoms in total. The monoisotopic (exact) mass is 341 g/mol. The van der Waals surface area contributed by atoms with E-state index in [9.17, 15) is 13.2 Å². The molecule has 8 heteroatoms. The number of hydrogen-bond donors (Lipinski definition) is 2. The molecule has 1 unspecified atom stereocenters. The summed E-state index contributed by atoms with van der Waals surface area (Å²) in [5, 5.41) is 2.86. The number of amides is 2. The Morgan fingerprint density at radius 2 is 2.22 bits per heavy atom. The van der Waals surface area contributed by atoms with Gasteiger partial charge in [-0.3, -0.25) is 0 Å². The Balaban J connectivity index is 1.87. The highest BCUT2D eigenvalue weighted by molar-refractivity contribution is 7.88. The average Bonchev–Trinajstić information content (AvgIpc) is 2.51. The molecule has 23 heavy (non-hydrogen) atoms. The first-order valence-corrected chi connectivity index (χ1v) is 9.39. The van der Waals surface area contributed by atoms with Crippen LogP contribution >= 0.6 is 0 Å². The first kappa shape index (κ1) is 17.6. The summed E-state index contributed by atoms with van der Waals surface area (Å²) in [4.78, 5) is 13.9. The number of ether oxygens (including phenoxy) is 1. The van der Waals surface area contributed by atoms with E-state index in [1.165, 1.54) is 0 Å². The van der Waals surface area contributed by atoms with Gasteiger partial charge in [0.25, 0.3) is 0 Å². The van der Waals surface area contributed by atoms with Crippen molar-refractivity contribution in [3.8, 4) is 5.75 Å². The molecule has 2 amide bonds. The Morgan fingerprint density at radius 3 is 2.91 bits per heavy atom. The van der Waals surface area contributed by atoms with Crippen molar-refractivity contribution in [2.24, 2.45) is 0 Å². The molecule has 0 bridgehead atoms. The van der Waals surface area contributed by atoms with Crippen molar-refractivity contribution in [3.63, 3.8) is 0 Å². The molecular formula is C15H23N3O4S. The van der Waals surface area contributed by atoms with Gasteiger partial charge in [-0.2, -0.15) is 0 Å². The second-order valence-corrected chi connectivity index (χ2v) is 7.47. The quantitative estimate of drug-likeness (QED) is 0.834. The molecule has 0 spiro atoms. The zero-order chi connectivity index (χ0) is 16.9. The highest BCUT2D eigenvalue weighted by Crippen LogP contribution is 2.13. The van der Waals surface area contributed by atoms with Gasteiger partial charge in [0.05, 0.1) is 13.4 Å². The number of nitrogens with one attached hydrogen (secondary N) is 2. The van der Waals surface area contributed by atoms with E-state index in [4.69, 9.17) is 4.74 Å². The number of rotatable bonds is 5. The third kappa shape index (κ3) is 5.72. The van der Waals surface area contributed by atoms with Gasteiger partial charge in [0.1, 0.15) is 5.75 Å². The van der Waals surface area contributed by atoms with E-state index in [1.54, 1.807) is 12.0 Å². The van der Waals surface area contributed by atoms with Crippen LogP contribution in [0.1, 0.15) is 18.4 Å². The van der Waals surface area contributed by atoms with E-state index in [0.29, 0.717) is 19.6 Å². The smallest absolute Gasteiger partial charge is 0.317 e. The van der Waals surface area contributed by atoms with Gasteiger partial charge >= 0.3 is 6.03 Å². The van der Waals surface area contributed by atoms with Crippen molar-refractivity contribution in [1.29, 1.82) is 0 Å². The van der Waals surface area contributed by atoms with Gasteiger partial charge in [0.2, 0.25) is 10.0 Å². The van der Waals surface area contributed by atoms with Crippen LogP contribution in [0.25, 0.3) is 0 Å². The largest absolute Gasteiger partial charge is 0.497 e. The van der Waals surface area contributed by atoms with Crippen LogP contribution in [0, 0.1) is 0 Å². The zero-order valence-electron chi connectivity index (χ0n) is 13.4. The Labute approximate surface area is 137 Å². The summed E-state index contributed by atoms with van der Waals surface area (Å²) in [5.74, 6) is 0.743. The number of piperidine rings is 1. The van der Waals surface area contributed by atoms with Gasteiger partial charge < -0.3 is 15.0 Å². The van der Waals surface area contributed by atoms with Gasteiger partial charge in [-0.25, -0.2) is 17.9 Å². The second-order valence-electron chi connectivity index (χ2n) is 5.69. The molecule has 1 aromatic rings. The molecule has 2 N–H and O–H groups in total. The number of benzene rings is 1. The maximum absolute atomic E-state index is 12.2. The van der Waals surface area contributed by atoms with Crippen LogP contribution in [-0.2, 0) is 16.6 Å². The molecule has 1 heterocycles. The van der Waals surface area contributed by atoms with Gasteiger partial charge in [0.15, 0.2) is 0 Å². The van der Waals surface area contributed by atoms with E-state index in [1.807, 2.05) is 24.3 Å². The summed E-state index contributed by atoms with van der Waals surface area (Å²) in [7, 11) is -1.66. The van der Waals surface area contributed by atoms with Crippen molar-refractivity contribution in [3.05, 3.63) is 29.8 Å². The van der Waals surface area contributed by atoms with Gasteiger partial charge in [-0.15, -0.1) is 0 Å². The summed E-state index contributed by atoms with van der Waals surface area (Å²) in [5.41, 5.74) is 0.945. The van der Waals surface area contributed by atoms with Crippen LogP contribution in [0.3, 0.4) is 0 Å². The standard InChI is InChI=1S/C15H23N3O4S/c1-22-14-7-3-5-12(9-14)10-16-15(19)18-8-4-6-13(11-18)17-23(2,20)21/h3,5,7,9,13,17H,4,6,8,10-11H2,1-2H3,(H,16,19). The SMILES string of the molecule is COc1cccc(CNC(=O)N2CCCC(NS(C)(=O)=O)C2)c1. The predicted octanol–water partition coefficient (Wildman–Crippen LogP) is 0.918. The fraction of sp³-hybridized carbons (Fsp3) is 0.533. The molecule has 2 rings (SSSR count). The van der Waals surface area contributed by atoms with E-state index < -0.39 is 10.0 Å². The highest BCUT2D eigenvalue weighted by atomic mass is 32.2. The number of nitrogens with zero attached hydrogens (tertiary/aromatic N) is 1. The number of carbonyl (C=O) groups is 1. The van der Waals surface area contributed by atoms with Crippen LogP contribution in [0.5, 0.6) is 5.75 Å².